The molecule has 1 fully saturated rings. The molecule has 2 aliphatic heterocycles. The molecule has 1 saturated heterocycles. The molecule has 0 bridgehead atoms. The van der Waals surface area contributed by atoms with Crippen molar-refractivity contribution in [3.05, 3.63) is 71.3 Å². The van der Waals surface area contributed by atoms with E-state index in [2.05, 4.69) is 0 Å². The van der Waals surface area contributed by atoms with Crippen molar-refractivity contribution in [2.24, 2.45) is 5.41 Å². The number of nitrogens with zero attached hydrogens (tertiary/aromatic N) is 1. The number of carbonyl (C=O) groups is 4. The van der Waals surface area contributed by atoms with Gasteiger partial charge in [-0.3, -0.25) is 14.5 Å². The number of carbonyl (C=O) groups excluding carboxylic acids is 4. The third-order valence-corrected chi connectivity index (χ3v) is 6.23. The number of fused-ring (bicyclic) bond motifs is 1. The summed E-state index contributed by atoms with van der Waals surface area (Å²) in [5.41, 5.74) is -1.06. The Hall–Kier alpha value is -3.48. The highest BCUT2D eigenvalue weighted by Crippen LogP contribution is 2.41. The molecule has 0 radical (unpaired) electrons. The Labute approximate surface area is 179 Å². The fourth-order valence-corrected chi connectivity index (χ4v) is 3.86. The van der Waals surface area contributed by atoms with Gasteiger partial charge < -0.3 is 9.47 Å². The number of cyclic esters (lactones) is 1. The van der Waals surface area contributed by atoms with Gasteiger partial charge in [0, 0.05) is 11.8 Å². The van der Waals surface area contributed by atoms with E-state index in [0.29, 0.717) is 0 Å². The van der Waals surface area contributed by atoms with Crippen LogP contribution in [0, 0.1) is 5.41 Å². The molecule has 31 heavy (non-hydrogen) atoms. The van der Waals surface area contributed by atoms with Crippen LogP contribution in [0.5, 0.6) is 0 Å². The van der Waals surface area contributed by atoms with Gasteiger partial charge in [-0.25, -0.2) is 9.59 Å². The second-order valence-electron chi connectivity index (χ2n) is 8.65. The first-order valence-corrected chi connectivity index (χ1v) is 10.1. The molecule has 2 atom stereocenters. The Morgan fingerprint density at radius 1 is 0.968 bits per heavy atom. The predicted octanol–water partition coefficient (Wildman–Crippen LogP) is 2.78. The minimum Gasteiger partial charge on any atom is -0.462 e. The molecule has 7 nitrogen and oxygen atoms in total. The van der Waals surface area contributed by atoms with Crippen LogP contribution in [0.2, 0.25) is 0 Å². The van der Waals surface area contributed by atoms with Gasteiger partial charge in [-0.1, -0.05) is 56.3 Å². The van der Waals surface area contributed by atoms with E-state index in [4.69, 9.17) is 9.47 Å². The zero-order valence-corrected chi connectivity index (χ0v) is 17.6. The van der Waals surface area contributed by atoms with Crippen molar-refractivity contribution >= 4 is 23.8 Å². The molecule has 2 amide bonds. The molecule has 2 aliphatic rings. The molecule has 0 unspecified atom stereocenters. The van der Waals surface area contributed by atoms with Crippen molar-refractivity contribution in [1.82, 2.24) is 4.90 Å². The zero-order valence-electron chi connectivity index (χ0n) is 17.6. The van der Waals surface area contributed by atoms with Crippen LogP contribution < -0.4 is 0 Å². The summed E-state index contributed by atoms with van der Waals surface area (Å²) in [6.45, 7) is 5.13. The maximum atomic E-state index is 13.4. The molecule has 2 aromatic carbocycles. The number of rotatable bonds is 5. The van der Waals surface area contributed by atoms with Crippen molar-refractivity contribution in [2.75, 3.05) is 6.61 Å². The Morgan fingerprint density at radius 3 is 2.03 bits per heavy atom. The fraction of sp³-hybridized carbons (Fsp3) is 0.333. The van der Waals surface area contributed by atoms with E-state index >= 15 is 0 Å². The number of hydrogen-bond acceptors (Lipinski definition) is 6. The van der Waals surface area contributed by atoms with Crippen LogP contribution in [0.25, 0.3) is 0 Å². The van der Waals surface area contributed by atoms with Crippen molar-refractivity contribution in [3.63, 3.8) is 0 Å². The maximum absolute atomic E-state index is 13.4. The number of esters is 2. The molecule has 0 N–H and O–H groups in total. The van der Waals surface area contributed by atoms with Crippen molar-refractivity contribution in [1.29, 1.82) is 0 Å². The molecule has 0 saturated carbocycles. The summed E-state index contributed by atoms with van der Waals surface area (Å²) in [5.74, 6) is -2.59. The number of ether oxygens (including phenoxy) is 2. The summed E-state index contributed by atoms with van der Waals surface area (Å²) in [4.78, 5) is 52.9. The van der Waals surface area contributed by atoms with Gasteiger partial charge in [-0.2, -0.15) is 0 Å². The smallest absolute Gasteiger partial charge is 0.351 e. The summed E-state index contributed by atoms with van der Waals surface area (Å²) in [6.07, 6.45) is 0.0662. The summed E-state index contributed by atoms with van der Waals surface area (Å²) in [7, 11) is 0. The monoisotopic (exact) mass is 421 g/mol. The first-order valence-electron chi connectivity index (χ1n) is 10.1. The highest BCUT2D eigenvalue weighted by molar-refractivity contribution is 6.22. The Balaban J connectivity index is 1.70. The van der Waals surface area contributed by atoms with E-state index < -0.39 is 40.8 Å². The van der Waals surface area contributed by atoms with Crippen LogP contribution in [-0.2, 0) is 25.5 Å². The molecule has 2 aromatic rings. The molecule has 7 heteroatoms. The molecule has 0 aliphatic carbocycles. The van der Waals surface area contributed by atoms with E-state index in [0.717, 1.165) is 10.5 Å². The highest BCUT2D eigenvalue weighted by Gasteiger charge is 2.59. The average molecular weight is 421 g/mol. The summed E-state index contributed by atoms with van der Waals surface area (Å²) >= 11 is 0. The van der Waals surface area contributed by atoms with Gasteiger partial charge in [0.2, 0.25) is 5.60 Å². The summed E-state index contributed by atoms with van der Waals surface area (Å²) < 4.78 is 10.8. The summed E-state index contributed by atoms with van der Waals surface area (Å²) in [5, 5.41) is 0. The SMILES string of the molecule is CC1(C)COC(=O)[C@@]1(C)OC(=O)[C@H](Cc1ccccc1)N1C(=O)c2ccccc2C1=O. The van der Waals surface area contributed by atoms with Gasteiger partial charge in [0.15, 0.2) is 0 Å². The number of amides is 2. The number of imide groups is 1. The van der Waals surface area contributed by atoms with Gasteiger partial charge in [0.05, 0.1) is 11.1 Å². The van der Waals surface area contributed by atoms with Gasteiger partial charge in [-0.15, -0.1) is 0 Å². The van der Waals surface area contributed by atoms with Crippen molar-refractivity contribution < 1.29 is 28.7 Å². The lowest BCUT2D eigenvalue weighted by molar-refractivity contribution is -0.180. The standard InChI is InChI=1S/C24H23NO6/c1-23(2)14-30-22(29)24(23,3)31-21(28)18(13-15-9-5-4-6-10-15)25-19(26)16-11-7-8-12-17(16)20(25)27/h4-12,18H,13-14H2,1-3H3/t18-,24+/m0/s1. The van der Waals surface area contributed by atoms with Gasteiger partial charge in [0.25, 0.3) is 11.8 Å². The highest BCUT2D eigenvalue weighted by atomic mass is 16.6. The van der Waals surface area contributed by atoms with Crippen LogP contribution in [0.3, 0.4) is 0 Å². The molecule has 4 rings (SSSR count). The van der Waals surface area contributed by atoms with E-state index in [1.165, 1.54) is 6.92 Å². The van der Waals surface area contributed by atoms with Crippen LogP contribution in [-0.4, -0.2) is 46.9 Å². The fourth-order valence-electron chi connectivity index (χ4n) is 3.86. The van der Waals surface area contributed by atoms with E-state index in [1.54, 1.807) is 62.4 Å². The van der Waals surface area contributed by atoms with E-state index in [1.807, 2.05) is 6.07 Å². The molecule has 160 valence electrons. The third-order valence-electron chi connectivity index (χ3n) is 6.23. The Morgan fingerprint density at radius 2 is 1.52 bits per heavy atom. The quantitative estimate of drug-likeness (QED) is 0.545. The maximum Gasteiger partial charge on any atom is 0.351 e. The lowest BCUT2D eigenvalue weighted by Crippen LogP contribution is -2.53. The largest absolute Gasteiger partial charge is 0.462 e. The molecule has 2 heterocycles. The van der Waals surface area contributed by atoms with E-state index in [-0.39, 0.29) is 24.2 Å². The lowest BCUT2D eigenvalue weighted by Gasteiger charge is -2.35. The van der Waals surface area contributed by atoms with Crippen LogP contribution >= 0.6 is 0 Å². The predicted molar refractivity (Wildman–Crippen MR) is 110 cm³/mol. The molecule has 0 spiro atoms. The van der Waals surface area contributed by atoms with Crippen molar-refractivity contribution in [3.8, 4) is 0 Å². The number of hydrogen-bond donors (Lipinski definition) is 0. The minimum absolute atomic E-state index is 0.0662. The van der Waals surface area contributed by atoms with Crippen LogP contribution in [0.1, 0.15) is 47.1 Å². The Kier molecular flexibility index (Phi) is 4.92. The van der Waals surface area contributed by atoms with Crippen LogP contribution in [0.15, 0.2) is 54.6 Å². The van der Waals surface area contributed by atoms with E-state index in [9.17, 15) is 19.2 Å². The zero-order chi connectivity index (χ0) is 22.4. The lowest BCUT2D eigenvalue weighted by atomic mass is 9.78. The van der Waals surface area contributed by atoms with Gasteiger partial charge in [0.1, 0.15) is 12.6 Å². The average Bonchev–Trinajstić information content (AvgIpc) is 3.12. The molecular weight excluding hydrogens is 398 g/mol. The second kappa shape index (κ2) is 7.34. The summed E-state index contributed by atoms with van der Waals surface area (Å²) in [6, 6.07) is 14.2. The van der Waals surface area contributed by atoms with Gasteiger partial charge in [-0.05, 0) is 24.6 Å². The molecular formula is C24H23NO6. The second-order valence-corrected chi connectivity index (χ2v) is 8.65. The topological polar surface area (TPSA) is 90.0 Å². The van der Waals surface area contributed by atoms with Gasteiger partial charge >= 0.3 is 11.9 Å². The number of benzene rings is 2. The van der Waals surface area contributed by atoms with Crippen molar-refractivity contribution in [2.45, 2.75) is 38.8 Å². The first-order chi connectivity index (χ1) is 14.7. The van der Waals surface area contributed by atoms with Crippen LogP contribution in [0.4, 0.5) is 0 Å². The third kappa shape index (κ3) is 3.30. The Bertz CT molecular complexity index is 1040. The minimum atomic E-state index is -1.53. The first kappa shape index (κ1) is 20.8. The molecule has 0 aromatic heterocycles. The normalized spacial score (nSPS) is 22.8.